The smallest absolute Gasteiger partial charge is 0.256 e. The summed E-state index contributed by atoms with van der Waals surface area (Å²) in [4.78, 5) is 25.2. The molecule has 0 spiro atoms. The molecule has 5 nitrogen and oxygen atoms in total. The zero-order valence-electron chi connectivity index (χ0n) is 13.2. The average molecular weight is 312 g/mol. The summed E-state index contributed by atoms with van der Waals surface area (Å²) >= 11 is 0. The Kier molecular flexibility index (Phi) is 3.45. The maximum atomic E-state index is 12.7. The number of carbonyl (C=O) groups is 1. The van der Waals surface area contributed by atoms with Gasteiger partial charge in [0.1, 0.15) is 5.56 Å². The van der Waals surface area contributed by atoms with Crippen LogP contribution >= 0.6 is 0 Å². The summed E-state index contributed by atoms with van der Waals surface area (Å²) < 4.78 is 7.57. The van der Waals surface area contributed by atoms with Crippen LogP contribution in [0.2, 0.25) is 0 Å². The Labute approximate surface area is 134 Å². The zero-order chi connectivity index (χ0) is 16.0. The third-order valence-electron chi connectivity index (χ3n) is 4.88. The van der Waals surface area contributed by atoms with Crippen molar-refractivity contribution in [2.24, 2.45) is 0 Å². The molecule has 1 aromatic heterocycles. The Hall–Kier alpha value is -2.14. The van der Waals surface area contributed by atoms with E-state index in [1.54, 1.807) is 6.20 Å². The summed E-state index contributed by atoms with van der Waals surface area (Å²) in [6, 6.07) is 6.03. The molecule has 1 amide bonds. The topological polar surface area (TPSA) is 60.3 Å². The second kappa shape index (κ2) is 5.49. The number of para-hydroxylation sites is 1. The number of pyridine rings is 1. The van der Waals surface area contributed by atoms with Crippen LogP contribution in [0.15, 0.2) is 29.2 Å². The Morgan fingerprint density at radius 3 is 3.09 bits per heavy atom. The van der Waals surface area contributed by atoms with Crippen LogP contribution in [0, 0.1) is 0 Å². The lowest BCUT2D eigenvalue weighted by Crippen LogP contribution is -2.35. The molecule has 1 aromatic carbocycles. The summed E-state index contributed by atoms with van der Waals surface area (Å²) in [5.74, 6) is -0.305. The van der Waals surface area contributed by atoms with Gasteiger partial charge in [0.2, 0.25) is 5.43 Å². The number of hydrogen-bond donors (Lipinski definition) is 1. The van der Waals surface area contributed by atoms with E-state index in [-0.39, 0.29) is 29.0 Å². The molecule has 0 saturated carbocycles. The van der Waals surface area contributed by atoms with Crippen LogP contribution in [0.1, 0.15) is 41.7 Å². The standard InChI is InChI=1S/C18H20N2O3/c1-11-8-12-4-2-6-14-16(12)20(11)10-15(17(14)21)18(22)19-9-13-5-3-7-23-13/h2,4,6,10-11,13H,3,5,7-9H2,1H3,(H,19,22). The van der Waals surface area contributed by atoms with Crippen LogP contribution in [-0.2, 0) is 11.2 Å². The lowest BCUT2D eigenvalue weighted by molar-refractivity contribution is 0.0856. The van der Waals surface area contributed by atoms with E-state index in [1.807, 2.05) is 12.1 Å². The van der Waals surface area contributed by atoms with Gasteiger partial charge in [-0.25, -0.2) is 0 Å². The molecule has 120 valence electrons. The third kappa shape index (κ3) is 2.36. The fourth-order valence-electron chi connectivity index (χ4n) is 3.68. The molecule has 5 heteroatoms. The van der Waals surface area contributed by atoms with Crippen molar-refractivity contribution in [3.63, 3.8) is 0 Å². The van der Waals surface area contributed by atoms with Crippen molar-refractivity contribution in [3.05, 3.63) is 45.7 Å². The van der Waals surface area contributed by atoms with Crippen molar-refractivity contribution in [1.29, 1.82) is 0 Å². The lowest BCUT2D eigenvalue weighted by atomic mass is 10.1. The molecule has 2 aromatic rings. The molecule has 0 radical (unpaired) electrons. The second-order valence-corrected chi connectivity index (χ2v) is 6.49. The molecule has 2 aliphatic rings. The molecule has 4 rings (SSSR count). The highest BCUT2D eigenvalue weighted by Gasteiger charge is 2.25. The Morgan fingerprint density at radius 2 is 2.30 bits per heavy atom. The second-order valence-electron chi connectivity index (χ2n) is 6.49. The minimum atomic E-state index is -0.305. The summed E-state index contributed by atoms with van der Waals surface area (Å²) in [6.07, 6.45) is 4.68. The quantitative estimate of drug-likeness (QED) is 0.943. The summed E-state index contributed by atoms with van der Waals surface area (Å²) in [5.41, 5.74) is 2.19. The van der Waals surface area contributed by atoms with Gasteiger partial charge in [-0.2, -0.15) is 0 Å². The van der Waals surface area contributed by atoms with E-state index in [2.05, 4.69) is 22.9 Å². The van der Waals surface area contributed by atoms with Crippen molar-refractivity contribution < 1.29 is 9.53 Å². The van der Waals surface area contributed by atoms with Gasteiger partial charge in [-0.1, -0.05) is 12.1 Å². The van der Waals surface area contributed by atoms with Gasteiger partial charge in [0, 0.05) is 30.8 Å². The van der Waals surface area contributed by atoms with Gasteiger partial charge in [0.05, 0.1) is 11.6 Å². The average Bonchev–Trinajstić information content (AvgIpc) is 3.17. The molecule has 3 heterocycles. The molecule has 1 N–H and O–H groups in total. The van der Waals surface area contributed by atoms with Gasteiger partial charge in [-0.3, -0.25) is 9.59 Å². The first-order valence-corrected chi connectivity index (χ1v) is 8.21. The fourth-order valence-corrected chi connectivity index (χ4v) is 3.68. The monoisotopic (exact) mass is 312 g/mol. The van der Waals surface area contributed by atoms with E-state index in [4.69, 9.17) is 4.74 Å². The molecule has 1 saturated heterocycles. The van der Waals surface area contributed by atoms with Gasteiger partial charge in [-0.15, -0.1) is 0 Å². The van der Waals surface area contributed by atoms with E-state index < -0.39 is 0 Å². The highest BCUT2D eigenvalue weighted by atomic mass is 16.5. The van der Waals surface area contributed by atoms with Crippen LogP contribution in [0.5, 0.6) is 0 Å². The minimum Gasteiger partial charge on any atom is -0.376 e. The molecule has 1 fully saturated rings. The molecule has 0 aliphatic carbocycles. The van der Waals surface area contributed by atoms with Crippen molar-refractivity contribution in [1.82, 2.24) is 9.88 Å². The minimum absolute atomic E-state index is 0.0721. The van der Waals surface area contributed by atoms with E-state index in [0.717, 1.165) is 31.4 Å². The highest BCUT2D eigenvalue weighted by Crippen LogP contribution is 2.30. The maximum Gasteiger partial charge on any atom is 0.256 e. The number of nitrogens with zero attached hydrogens (tertiary/aromatic N) is 1. The number of benzene rings is 1. The van der Waals surface area contributed by atoms with E-state index >= 15 is 0 Å². The number of carbonyl (C=O) groups excluding carboxylic acids is 1. The van der Waals surface area contributed by atoms with Gasteiger partial charge in [-0.05, 0) is 37.8 Å². The van der Waals surface area contributed by atoms with Crippen LogP contribution in [0.25, 0.3) is 10.9 Å². The molecule has 2 aliphatic heterocycles. The van der Waals surface area contributed by atoms with Crippen LogP contribution < -0.4 is 10.7 Å². The fraction of sp³-hybridized carbons (Fsp3) is 0.444. The molecule has 0 bridgehead atoms. The highest BCUT2D eigenvalue weighted by molar-refractivity contribution is 5.98. The predicted octanol–water partition coefficient (Wildman–Crippen LogP) is 2.03. The van der Waals surface area contributed by atoms with E-state index in [0.29, 0.717) is 11.9 Å². The number of amides is 1. The van der Waals surface area contributed by atoms with Crippen LogP contribution in [0.4, 0.5) is 0 Å². The molecular formula is C18H20N2O3. The number of aromatic nitrogens is 1. The van der Waals surface area contributed by atoms with Gasteiger partial charge in [0.15, 0.2) is 0 Å². The Bertz CT molecular complexity index is 834. The van der Waals surface area contributed by atoms with Crippen LogP contribution in [0.3, 0.4) is 0 Å². The third-order valence-corrected chi connectivity index (χ3v) is 4.88. The lowest BCUT2D eigenvalue weighted by Gasteiger charge is -2.14. The van der Waals surface area contributed by atoms with E-state index in [1.165, 1.54) is 5.56 Å². The summed E-state index contributed by atoms with van der Waals surface area (Å²) in [5, 5.41) is 3.49. The van der Waals surface area contributed by atoms with Crippen molar-refractivity contribution in [3.8, 4) is 0 Å². The number of nitrogens with one attached hydrogen (secondary N) is 1. The number of hydrogen-bond acceptors (Lipinski definition) is 3. The molecular weight excluding hydrogens is 292 g/mol. The molecule has 23 heavy (non-hydrogen) atoms. The Morgan fingerprint density at radius 1 is 1.43 bits per heavy atom. The molecule has 2 unspecified atom stereocenters. The summed E-state index contributed by atoms with van der Waals surface area (Å²) in [7, 11) is 0. The SMILES string of the molecule is CC1Cc2cccc3c(=O)c(C(=O)NCC4CCCO4)cn1c23. The summed E-state index contributed by atoms with van der Waals surface area (Å²) in [6.45, 7) is 3.33. The Balaban J connectivity index is 1.69. The largest absolute Gasteiger partial charge is 0.376 e. The first-order chi connectivity index (χ1) is 11.1. The molecule has 2 atom stereocenters. The zero-order valence-corrected chi connectivity index (χ0v) is 13.2. The van der Waals surface area contributed by atoms with Gasteiger partial charge < -0.3 is 14.6 Å². The van der Waals surface area contributed by atoms with Crippen LogP contribution in [-0.4, -0.2) is 29.7 Å². The normalized spacial score (nSPS) is 22.7. The predicted molar refractivity (Wildman–Crippen MR) is 87.9 cm³/mol. The van der Waals surface area contributed by atoms with Gasteiger partial charge >= 0.3 is 0 Å². The van der Waals surface area contributed by atoms with Crippen molar-refractivity contribution in [2.45, 2.75) is 38.3 Å². The maximum absolute atomic E-state index is 12.7. The van der Waals surface area contributed by atoms with Crippen molar-refractivity contribution >= 4 is 16.8 Å². The number of ether oxygens (including phenoxy) is 1. The number of rotatable bonds is 3. The van der Waals surface area contributed by atoms with E-state index in [9.17, 15) is 9.59 Å². The first kappa shape index (κ1) is 14.5. The van der Waals surface area contributed by atoms with Gasteiger partial charge in [0.25, 0.3) is 5.91 Å². The first-order valence-electron chi connectivity index (χ1n) is 8.21. The van der Waals surface area contributed by atoms with Crippen molar-refractivity contribution in [2.75, 3.05) is 13.2 Å².